The normalized spacial score (nSPS) is 22.4. The highest BCUT2D eigenvalue weighted by molar-refractivity contribution is 6.10. The zero-order chi connectivity index (χ0) is 29.0. The first-order chi connectivity index (χ1) is 19.1. The third kappa shape index (κ3) is 5.87. The molecule has 4 atom stereocenters. The van der Waals surface area contributed by atoms with Crippen LogP contribution in [0.2, 0.25) is 0 Å². The van der Waals surface area contributed by atoms with Crippen molar-refractivity contribution in [1.82, 2.24) is 0 Å². The number of carbonyl (C=O) groups excluding carboxylic acids is 3. The molecule has 3 aromatic rings. The lowest BCUT2D eigenvalue weighted by molar-refractivity contribution is -0.150. The van der Waals surface area contributed by atoms with E-state index in [9.17, 15) is 19.5 Å². The third-order valence-corrected chi connectivity index (χ3v) is 7.51. The Morgan fingerprint density at radius 3 is 2.05 bits per heavy atom. The molecule has 3 aromatic carbocycles. The van der Waals surface area contributed by atoms with Gasteiger partial charge in [-0.1, -0.05) is 42.5 Å². The summed E-state index contributed by atoms with van der Waals surface area (Å²) in [7, 11) is 1.52. The van der Waals surface area contributed by atoms with E-state index in [2.05, 4.69) is 10.6 Å². The molecular weight excluding hydrogens is 508 g/mol. The summed E-state index contributed by atoms with van der Waals surface area (Å²) in [6.45, 7) is 7.39. The van der Waals surface area contributed by atoms with Crippen molar-refractivity contribution in [2.24, 2.45) is 11.8 Å². The molecule has 1 fully saturated rings. The van der Waals surface area contributed by atoms with Crippen molar-refractivity contribution in [2.45, 2.75) is 45.6 Å². The van der Waals surface area contributed by atoms with Gasteiger partial charge in [-0.2, -0.15) is 0 Å². The van der Waals surface area contributed by atoms with Crippen LogP contribution >= 0.6 is 0 Å². The molecule has 1 saturated carbocycles. The minimum absolute atomic E-state index is 0.351. The van der Waals surface area contributed by atoms with Crippen molar-refractivity contribution in [3.8, 4) is 11.5 Å². The van der Waals surface area contributed by atoms with Gasteiger partial charge in [-0.05, 0) is 68.7 Å². The van der Waals surface area contributed by atoms with Crippen molar-refractivity contribution in [1.29, 1.82) is 0 Å². The van der Waals surface area contributed by atoms with Crippen molar-refractivity contribution >= 4 is 29.0 Å². The molecule has 1 aliphatic carbocycles. The molecule has 3 N–H and O–H groups in total. The van der Waals surface area contributed by atoms with Gasteiger partial charge in [-0.3, -0.25) is 14.4 Å². The predicted molar refractivity (Wildman–Crippen MR) is 154 cm³/mol. The minimum atomic E-state index is -1.72. The van der Waals surface area contributed by atoms with E-state index in [1.165, 1.54) is 14.0 Å². The Labute approximate surface area is 234 Å². The maximum absolute atomic E-state index is 14.0. The highest BCUT2D eigenvalue weighted by Gasteiger charge is 2.56. The quantitative estimate of drug-likeness (QED) is 0.343. The van der Waals surface area contributed by atoms with Gasteiger partial charge in [0.1, 0.15) is 11.7 Å². The van der Waals surface area contributed by atoms with E-state index >= 15 is 0 Å². The number of ketones is 1. The first kappa shape index (κ1) is 28.8. The summed E-state index contributed by atoms with van der Waals surface area (Å²) in [4.78, 5) is 41.4. The average Bonchev–Trinajstić information content (AvgIpc) is 2.90. The monoisotopic (exact) mass is 544 g/mol. The summed E-state index contributed by atoms with van der Waals surface area (Å²) in [5.74, 6) is -3.96. The van der Waals surface area contributed by atoms with Crippen LogP contribution in [0.3, 0.4) is 0 Å². The molecule has 210 valence electrons. The van der Waals surface area contributed by atoms with E-state index in [4.69, 9.17) is 9.47 Å². The van der Waals surface area contributed by atoms with Crippen molar-refractivity contribution in [2.75, 3.05) is 24.4 Å². The van der Waals surface area contributed by atoms with E-state index in [-0.39, 0.29) is 6.42 Å². The Balaban J connectivity index is 1.84. The van der Waals surface area contributed by atoms with Crippen molar-refractivity contribution in [3.63, 3.8) is 0 Å². The second kappa shape index (κ2) is 11.9. The maximum Gasteiger partial charge on any atom is 0.235 e. The number of hydrogen-bond acceptors (Lipinski definition) is 6. The minimum Gasteiger partial charge on any atom is -0.493 e. The summed E-state index contributed by atoms with van der Waals surface area (Å²) in [6, 6.07) is 19.7. The van der Waals surface area contributed by atoms with Crippen LogP contribution in [0.15, 0.2) is 66.7 Å². The number of benzene rings is 3. The molecule has 0 bridgehead atoms. The van der Waals surface area contributed by atoms with Gasteiger partial charge in [0.05, 0.1) is 25.2 Å². The SMILES string of the molecule is CCOc1cc(C2C(C(=O)Nc3ccccc3C)C(=O)CC(C)(O)C2C(=O)Nc2ccccc2C)ccc1OC. The topological polar surface area (TPSA) is 114 Å². The van der Waals surface area contributed by atoms with Gasteiger partial charge in [0.2, 0.25) is 11.8 Å². The fourth-order valence-corrected chi connectivity index (χ4v) is 5.51. The molecule has 8 nitrogen and oxygen atoms in total. The Morgan fingerprint density at radius 1 is 0.925 bits per heavy atom. The van der Waals surface area contributed by atoms with Gasteiger partial charge in [0.15, 0.2) is 11.5 Å². The van der Waals surface area contributed by atoms with E-state index in [0.29, 0.717) is 35.0 Å². The molecule has 40 heavy (non-hydrogen) atoms. The van der Waals surface area contributed by atoms with Crippen LogP contribution < -0.4 is 20.1 Å². The molecule has 0 aromatic heterocycles. The molecule has 0 radical (unpaired) electrons. The number of anilines is 2. The van der Waals surface area contributed by atoms with E-state index in [1.807, 2.05) is 45.0 Å². The number of amides is 2. The second-order valence-electron chi connectivity index (χ2n) is 10.4. The molecular formula is C32H36N2O6. The Morgan fingerprint density at radius 2 is 1.50 bits per heavy atom. The van der Waals surface area contributed by atoms with Gasteiger partial charge in [0.25, 0.3) is 0 Å². The summed E-state index contributed by atoms with van der Waals surface area (Å²) < 4.78 is 11.2. The smallest absolute Gasteiger partial charge is 0.235 e. The highest BCUT2D eigenvalue weighted by Crippen LogP contribution is 2.48. The van der Waals surface area contributed by atoms with Crippen molar-refractivity contribution in [3.05, 3.63) is 83.4 Å². The zero-order valence-corrected chi connectivity index (χ0v) is 23.5. The Hall–Kier alpha value is -4.17. The van der Waals surface area contributed by atoms with Crippen LogP contribution in [-0.4, -0.2) is 42.0 Å². The lowest BCUT2D eigenvalue weighted by atomic mass is 9.61. The molecule has 0 spiro atoms. The maximum atomic E-state index is 14.0. The standard InChI is InChI=1S/C32H36N2O6/c1-6-40-26-17-21(15-16-25(26)39-5)27-28(30(36)33-22-13-9-7-11-19(22)2)24(35)18-32(4,38)29(27)31(37)34-23-14-10-8-12-20(23)3/h7-17,27-29,38H,6,18H2,1-5H3,(H,33,36)(H,34,37). The number of ether oxygens (including phenoxy) is 2. The van der Waals surface area contributed by atoms with Gasteiger partial charge in [0, 0.05) is 23.7 Å². The summed E-state index contributed by atoms with van der Waals surface area (Å²) >= 11 is 0. The summed E-state index contributed by atoms with van der Waals surface area (Å²) in [6.07, 6.45) is -0.351. The molecule has 2 amide bonds. The lowest BCUT2D eigenvalue weighted by Crippen LogP contribution is -2.56. The van der Waals surface area contributed by atoms with Crippen LogP contribution in [0, 0.1) is 25.7 Å². The number of Topliss-reactive ketones (excluding diaryl/α,β-unsaturated/α-hetero) is 1. The predicted octanol–water partition coefficient (Wildman–Crippen LogP) is 5.03. The van der Waals surface area contributed by atoms with Gasteiger partial charge in [-0.15, -0.1) is 0 Å². The van der Waals surface area contributed by atoms with Gasteiger partial charge >= 0.3 is 0 Å². The van der Waals surface area contributed by atoms with Crippen LogP contribution in [0.4, 0.5) is 11.4 Å². The summed E-state index contributed by atoms with van der Waals surface area (Å²) in [5, 5.41) is 17.4. The second-order valence-corrected chi connectivity index (χ2v) is 10.4. The first-order valence-corrected chi connectivity index (χ1v) is 13.4. The average molecular weight is 545 g/mol. The molecule has 4 unspecified atom stereocenters. The number of para-hydroxylation sites is 2. The van der Waals surface area contributed by atoms with E-state index in [1.54, 1.807) is 42.5 Å². The van der Waals surface area contributed by atoms with Crippen LogP contribution in [0.25, 0.3) is 0 Å². The summed E-state index contributed by atoms with van der Waals surface area (Å²) in [5.41, 5.74) is 1.62. The van der Waals surface area contributed by atoms with Gasteiger partial charge in [-0.25, -0.2) is 0 Å². The first-order valence-electron chi connectivity index (χ1n) is 13.4. The van der Waals surface area contributed by atoms with Crippen LogP contribution in [0.1, 0.15) is 42.9 Å². The number of hydrogen-bond donors (Lipinski definition) is 3. The number of methoxy groups -OCH3 is 1. The number of aryl methyl sites for hydroxylation is 2. The largest absolute Gasteiger partial charge is 0.493 e. The Kier molecular flexibility index (Phi) is 8.59. The van der Waals surface area contributed by atoms with Gasteiger partial charge < -0.3 is 25.2 Å². The highest BCUT2D eigenvalue weighted by atomic mass is 16.5. The Bertz CT molecular complexity index is 1420. The molecule has 0 saturated heterocycles. The number of nitrogens with one attached hydrogen (secondary N) is 2. The zero-order valence-electron chi connectivity index (χ0n) is 23.5. The number of carbonyl (C=O) groups is 3. The van der Waals surface area contributed by atoms with E-state index in [0.717, 1.165) is 11.1 Å². The fraction of sp³-hybridized carbons (Fsp3) is 0.344. The molecule has 1 aliphatic rings. The fourth-order valence-electron chi connectivity index (χ4n) is 5.51. The lowest BCUT2D eigenvalue weighted by Gasteiger charge is -2.44. The number of rotatable bonds is 8. The molecule has 8 heteroatoms. The molecule has 0 heterocycles. The third-order valence-electron chi connectivity index (χ3n) is 7.51. The van der Waals surface area contributed by atoms with E-state index < -0.39 is 41.0 Å². The van der Waals surface area contributed by atoms with Crippen LogP contribution in [-0.2, 0) is 14.4 Å². The molecule has 0 aliphatic heterocycles. The van der Waals surface area contributed by atoms with Crippen LogP contribution in [0.5, 0.6) is 11.5 Å². The number of aliphatic hydroxyl groups is 1. The molecule has 4 rings (SSSR count). The van der Waals surface area contributed by atoms with Crippen molar-refractivity contribution < 1.29 is 29.0 Å².